The van der Waals surface area contributed by atoms with Crippen molar-refractivity contribution in [2.45, 2.75) is 26.4 Å². The molecule has 3 heteroatoms. The molecule has 0 fully saturated rings. The van der Waals surface area contributed by atoms with Gasteiger partial charge in [0.25, 0.3) is 0 Å². The van der Waals surface area contributed by atoms with Crippen LogP contribution in [0.2, 0.25) is 0 Å². The molecule has 0 spiro atoms. The normalized spacial score (nSPS) is 12.6. The molecule has 1 atom stereocenters. The lowest BCUT2D eigenvalue weighted by molar-refractivity contribution is 0.198. The lowest BCUT2D eigenvalue weighted by Gasteiger charge is -2.14. The first-order valence-corrected chi connectivity index (χ1v) is 6.21. The summed E-state index contributed by atoms with van der Waals surface area (Å²) in [7, 11) is 1.72. The SMILES string of the molecule is COCCNCC(C)NCc1ccc(C)cc1. The number of methoxy groups -OCH3 is 1. The zero-order valence-corrected chi connectivity index (χ0v) is 11.1. The first-order valence-electron chi connectivity index (χ1n) is 6.21. The molecule has 1 rings (SSSR count). The largest absolute Gasteiger partial charge is 0.383 e. The Balaban J connectivity index is 2.14. The van der Waals surface area contributed by atoms with Gasteiger partial charge in [-0.2, -0.15) is 0 Å². The lowest BCUT2D eigenvalue weighted by atomic mass is 10.1. The summed E-state index contributed by atoms with van der Waals surface area (Å²) in [4.78, 5) is 0. The molecule has 1 aromatic rings. The van der Waals surface area contributed by atoms with Crippen molar-refractivity contribution in [3.8, 4) is 0 Å². The number of rotatable bonds is 8. The summed E-state index contributed by atoms with van der Waals surface area (Å²) >= 11 is 0. The summed E-state index contributed by atoms with van der Waals surface area (Å²) in [6.45, 7) is 7.87. The van der Waals surface area contributed by atoms with E-state index in [1.165, 1.54) is 11.1 Å². The van der Waals surface area contributed by atoms with Gasteiger partial charge in [0.15, 0.2) is 0 Å². The van der Waals surface area contributed by atoms with Crippen LogP contribution in [0.15, 0.2) is 24.3 Å². The summed E-state index contributed by atoms with van der Waals surface area (Å²) in [5, 5.41) is 6.84. The number of nitrogens with one attached hydrogen (secondary N) is 2. The average molecular weight is 236 g/mol. The van der Waals surface area contributed by atoms with Crippen molar-refractivity contribution in [2.75, 3.05) is 26.8 Å². The van der Waals surface area contributed by atoms with Gasteiger partial charge in [0, 0.05) is 32.8 Å². The van der Waals surface area contributed by atoms with Crippen LogP contribution in [0, 0.1) is 6.92 Å². The van der Waals surface area contributed by atoms with Gasteiger partial charge in [-0.1, -0.05) is 29.8 Å². The predicted molar refractivity (Wildman–Crippen MR) is 72.2 cm³/mol. The Morgan fingerprint density at radius 3 is 2.59 bits per heavy atom. The number of ether oxygens (including phenoxy) is 1. The highest BCUT2D eigenvalue weighted by Gasteiger charge is 2.00. The summed E-state index contributed by atoms with van der Waals surface area (Å²) in [6, 6.07) is 9.12. The number of hydrogen-bond donors (Lipinski definition) is 2. The topological polar surface area (TPSA) is 33.3 Å². The fourth-order valence-corrected chi connectivity index (χ4v) is 1.56. The molecule has 0 radical (unpaired) electrons. The molecule has 96 valence electrons. The Kier molecular flexibility index (Phi) is 6.86. The van der Waals surface area contributed by atoms with Crippen molar-refractivity contribution >= 4 is 0 Å². The van der Waals surface area contributed by atoms with Crippen molar-refractivity contribution in [1.29, 1.82) is 0 Å². The summed E-state index contributed by atoms with van der Waals surface area (Å²) in [5.41, 5.74) is 2.64. The molecule has 1 unspecified atom stereocenters. The maximum Gasteiger partial charge on any atom is 0.0587 e. The Bertz CT molecular complexity index is 298. The van der Waals surface area contributed by atoms with Crippen LogP contribution in [0.25, 0.3) is 0 Å². The molecule has 0 saturated carbocycles. The molecule has 1 aromatic carbocycles. The van der Waals surface area contributed by atoms with Gasteiger partial charge in [-0.25, -0.2) is 0 Å². The monoisotopic (exact) mass is 236 g/mol. The Morgan fingerprint density at radius 2 is 1.94 bits per heavy atom. The molecule has 0 aromatic heterocycles. The van der Waals surface area contributed by atoms with Gasteiger partial charge in [-0.3, -0.25) is 0 Å². The average Bonchev–Trinajstić information content (AvgIpc) is 2.34. The highest BCUT2D eigenvalue weighted by molar-refractivity contribution is 5.21. The molecule has 17 heavy (non-hydrogen) atoms. The summed E-state index contributed by atoms with van der Waals surface area (Å²) < 4.78 is 4.98. The predicted octanol–water partition coefficient (Wildman–Crippen LogP) is 1.71. The molecule has 0 saturated heterocycles. The molecule has 0 bridgehead atoms. The maximum atomic E-state index is 4.98. The van der Waals surface area contributed by atoms with E-state index in [-0.39, 0.29) is 0 Å². The molecular formula is C14H24N2O. The van der Waals surface area contributed by atoms with Gasteiger partial charge in [-0.05, 0) is 19.4 Å². The zero-order chi connectivity index (χ0) is 12.5. The molecule has 2 N–H and O–H groups in total. The van der Waals surface area contributed by atoms with Crippen molar-refractivity contribution in [2.24, 2.45) is 0 Å². The molecule has 0 aliphatic rings. The van der Waals surface area contributed by atoms with Crippen LogP contribution in [-0.4, -0.2) is 32.8 Å². The first kappa shape index (κ1) is 14.2. The van der Waals surface area contributed by atoms with E-state index >= 15 is 0 Å². The molecular weight excluding hydrogens is 212 g/mol. The van der Waals surface area contributed by atoms with Crippen LogP contribution in [0.1, 0.15) is 18.1 Å². The number of benzene rings is 1. The smallest absolute Gasteiger partial charge is 0.0587 e. The third kappa shape index (κ3) is 6.41. The standard InChI is InChI=1S/C14H24N2O/c1-12-4-6-14(7-5-12)11-16-13(2)10-15-8-9-17-3/h4-7,13,15-16H,8-11H2,1-3H3. The summed E-state index contributed by atoms with van der Waals surface area (Å²) in [5.74, 6) is 0. The highest BCUT2D eigenvalue weighted by atomic mass is 16.5. The minimum absolute atomic E-state index is 0.466. The van der Waals surface area contributed by atoms with Gasteiger partial charge in [-0.15, -0.1) is 0 Å². The Morgan fingerprint density at radius 1 is 1.24 bits per heavy atom. The first-order chi connectivity index (χ1) is 8.22. The van der Waals surface area contributed by atoms with Crippen LogP contribution in [0.4, 0.5) is 0 Å². The van der Waals surface area contributed by atoms with Crippen molar-refractivity contribution < 1.29 is 4.74 Å². The fourth-order valence-electron chi connectivity index (χ4n) is 1.56. The molecule has 0 heterocycles. The second-order valence-electron chi connectivity index (χ2n) is 4.46. The van der Waals surface area contributed by atoms with E-state index in [2.05, 4.69) is 48.7 Å². The summed E-state index contributed by atoms with van der Waals surface area (Å²) in [6.07, 6.45) is 0. The van der Waals surface area contributed by atoms with E-state index in [1.807, 2.05) is 0 Å². The van der Waals surface area contributed by atoms with Crippen LogP contribution < -0.4 is 10.6 Å². The van der Waals surface area contributed by atoms with E-state index in [1.54, 1.807) is 7.11 Å². The lowest BCUT2D eigenvalue weighted by Crippen LogP contribution is -2.37. The van der Waals surface area contributed by atoms with Crippen LogP contribution in [0.3, 0.4) is 0 Å². The quantitative estimate of drug-likeness (QED) is 0.674. The van der Waals surface area contributed by atoms with Gasteiger partial charge < -0.3 is 15.4 Å². The van der Waals surface area contributed by atoms with Crippen molar-refractivity contribution in [3.63, 3.8) is 0 Å². The van der Waals surface area contributed by atoms with Crippen LogP contribution in [-0.2, 0) is 11.3 Å². The Labute approximate surface area is 105 Å². The zero-order valence-electron chi connectivity index (χ0n) is 11.1. The van der Waals surface area contributed by atoms with Crippen molar-refractivity contribution in [3.05, 3.63) is 35.4 Å². The Hall–Kier alpha value is -0.900. The van der Waals surface area contributed by atoms with E-state index in [0.29, 0.717) is 6.04 Å². The highest BCUT2D eigenvalue weighted by Crippen LogP contribution is 2.02. The second-order valence-corrected chi connectivity index (χ2v) is 4.46. The number of hydrogen-bond acceptors (Lipinski definition) is 3. The third-order valence-electron chi connectivity index (χ3n) is 2.71. The minimum atomic E-state index is 0.466. The van der Waals surface area contributed by atoms with E-state index in [9.17, 15) is 0 Å². The molecule has 0 amide bonds. The minimum Gasteiger partial charge on any atom is -0.383 e. The van der Waals surface area contributed by atoms with Crippen LogP contribution >= 0.6 is 0 Å². The van der Waals surface area contributed by atoms with Crippen LogP contribution in [0.5, 0.6) is 0 Å². The van der Waals surface area contributed by atoms with Gasteiger partial charge in [0.2, 0.25) is 0 Å². The third-order valence-corrected chi connectivity index (χ3v) is 2.71. The van der Waals surface area contributed by atoms with Gasteiger partial charge >= 0.3 is 0 Å². The van der Waals surface area contributed by atoms with E-state index in [4.69, 9.17) is 4.74 Å². The molecule has 0 aliphatic carbocycles. The second kappa shape index (κ2) is 8.23. The van der Waals surface area contributed by atoms with E-state index < -0.39 is 0 Å². The molecule has 3 nitrogen and oxygen atoms in total. The van der Waals surface area contributed by atoms with Gasteiger partial charge in [0.1, 0.15) is 0 Å². The number of aryl methyl sites for hydroxylation is 1. The fraction of sp³-hybridized carbons (Fsp3) is 0.571. The molecule has 0 aliphatic heterocycles. The van der Waals surface area contributed by atoms with Crippen molar-refractivity contribution in [1.82, 2.24) is 10.6 Å². The van der Waals surface area contributed by atoms with Gasteiger partial charge in [0.05, 0.1) is 6.61 Å². The maximum absolute atomic E-state index is 4.98. The van der Waals surface area contributed by atoms with E-state index in [0.717, 1.165) is 26.2 Å².